The van der Waals surface area contributed by atoms with Crippen molar-refractivity contribution in [2.45, 2.75) is 52.4 Å². The van der Waals surface area contributed by atoms with Gasteiger partial charge in [0.2, 0.25) is 0 Å². The van der Waals surface area contributed by atoms with Crippen LogP contribution >= 0.6 is 0 Å². The molecular formula is C16H28O2. The van der Waals surface area contributed by atoms with Gasteiger partial charge in [-0.1, -0.05) is 32.4 Å². The minimum atomic E-state index is 0.814. The Morgan fingerprint density at radius 2 is 1.94 bits per heavy atom. The second kappa shape index (κ2) is 10.2. The molecule has 0 saturated carbocycles. The average molecular weight is 252 g/mol. The molecule has 0 heterocycles. The van der Waals surface area contributed by atoms with E-state index in [9.17, 15) is 0 Å². The summed E-state index contributed by atoms with van der Waals surface area (Å²) in [5, 5.41) is 0. The molecule has 0 spiro atoms. The van der Waals surface area contributed by atoms with Gasteiger partial charge in [0.1, 0.15) is 0 Å². The van der Waals surface area contributed by atoms with Crippen LogP contribution in [0.2, 0.25) is 0 Å². The van der Waals surface area contributed by atoms with Gasteiger partial charge in [0, 0.05) is 13.0 Å². The van der Waals surface area contributed by atoms with Crippen LogP contribution in [0.4, 0.5) is 0 Å². The Hall–Kier alpha value is -0.760. The van der Waals surface area contributed by atoms with Gasteiger partial charge in [0.05, 0.1) is 19.0 Å². The summed E-state index contributed by atoms with van der Waals surface area (Å²) in [5.41, 5.74) is 0. The molecule has 1 aliphatic carbocycles. The van der Waals surface area contributed by atoms with Crippen molar-refractivity contribution >= 4 is 0 Å². The Bertz CT molecular complexity index is 256. The lowest BCUT2D eigenvalue weighted by atomic mass is 10.1. The average Bonchev–Trinajstić information content (AvgIpc) is 2.85. The van der Waals surface area contributed by atoms with Crippen molar-refractivity contribution in [3.8, 4) is 0 Å². The molecule has 0 aliphatic heterocycles. The number of hydrogen-bond donors (Lipinski definition) is 0. The van der Waals surface area contributed by atoms with Crippen molar-refractivity contribution in [1.82, 2.24) is 0 Å². The topological polar surface area (TPSA) is 18.5 Å². The molecule has 0 bridgehead atoms. The molecule has 0 aromatic heterocycles. The van der Waals surface area contributed by atoms with E-state index < -0.39 is 0 Å². The van der Waals surface area contributed by atoms with E-state index in [1.54, 1.807) is 0 Å². The fraction of sp³-hybridized carbons (Fsp3) is 0.750. The maximum absolute atomic E-state index is 5.76. The number of hydrogen-bond acceptors (Lipinski definition) is 2. The third-order valence-electron chi connectivity index (χ3n) is 3.26. The molecule has 0 saturated heterocycles. The molecule has 1 unspecified atom stereocenters. The molecule has 1 aliphatic rings. The first-order valence-corrected chi connectivity index (χ1v) is 7.41. The van der Waals surface area contributed by atoms with Crippen LogP contribution in [0.25, 0.3) is 0 Å². The molecule has 104 valence electrons. The van der Waals surface area contributed by atoms with Crippen molar-refractivity contribution in [3.63, 3.8) is 0 Å². The second-order valence-corrected chi connectivity index (χ2v) is 4.89. The van der Waals surface area contributed by atoms with E-state index in [0.29, 0.717) is 0 Å². The van der Waals surface area contributed by atoms with E-state index >= 15 is 0 Å². The van der Waals surface area contributed by atoms with E-state index in [1.165, 1.54) is 18.6 Å². The number of allylic oxidation sites excluding steroid dienone is 2. The predicted octanol–water partition coefficient (Wildman–Crippen LogP) is 4.47. The molecular weight excluding hydrogens is 224 g/mol. The Morgan fingerprint density at radius 3 is 2.61 bits per heavy atom. The highest BCUT2D eigenvalue weighted by Crippen LogP contribution is 2.27. The highest BCUT2D eigenvalue weighted by Gasteiger charge is 2.15. The van der Waals surface area contributed by atoms with Gasteiger partial charge in [0.25, 0.3) is 0 Å². The Morgan fingerprint density at radius 1 is 1.17 bits per heavy atom. The van der Waals surface area contributed by atoms with E-state index in [4.69, 9.17) is 9.47 Å². The largest absolute Gasteiger partial charge is 0.498 e. The quantitative estimate of drug-likeness (QED) is 0.422. The first-order chi connectivity index (χ1) is 8.86. The van der Waals surface area contributed by atoms with Crippen LogP contribution in [0, 0.1) is 5.92 Å². The summed E-state index contributed by atoms with van der Waals surface area (Å²) in [6, 6.07) is 0. The van der Waals surface area contributed by atoms with Gasteiger partial charge in [-0.25, -0.2) is 0 Å². The third kappa shape index (κ3) is 6.85. The van der Waals surface area contributed by atoms with Crippen molar-refractivity contribution < 1.29 is 9.47 Å². The van der Waals surface area contributed by atoms with Gasteiger partial charge in [0.15, 0.2) is 0 Å². The van der Waals surface area contributed by atoms with Gasteiger partial charge in [-0.2, -0.15) is 0 Å². The van der Waals surface area contributed by atoms with Crippen molar-refractivity contribution in [2.24, 2.45) is 5.92 Å². The molecule has 0 amide bonds. The van der Waals surface area contributed by atoms with Crippen LogP contribution in [0.5, 0.6) is 0 Å². The zero-order valence-corrected chi connectivity index (χ0v) is 12.0. The van der Waals surface area contributed by atoms with Crippen LogP contribution in [-0.2, 0) is 9.47 Å². The fourth-order valence-corrected chi connectivity index (χ4v) is 2.07. The Balaban J connectivity index is 1.91. The van der Waals surface area contributed by atoms with Gasteiger partial charge in [-0.05, 0) is 37.7 Å². The van der Waals surface area contributed by atoms with Crippen LogP contribution < -0.4 is 0 Å². The molecule has 1 rings (SSSR count). The molecule has 0 aromatic rings. The van der Waals surface area contributed by atoms with Crippen molar-refractivity contribution in [3.05, 3.63) is 24.0 Å². The highest BCUT2D eigenvalue weighted by atomic mass is 16.5. The zero-order valence-electron chi connectivity index (χ0n) is 12.0. The summed E-state index contributed by atoms with van der Waals surface area (Å²) >= 11 is 0. The van der Waals surface area contributed by atoms with E-state index in [0.717, 1.165) is 51.4 Å². The monoisotopic (exact) mass is 252 g/mol. The van der Waals surface area contributed by atoms with Gasteiger partial charge in [-0.15, -0.1) is 0 Å². The predicted molar refractivity (Wildman–Crippen MR) is 76.5 cm³/mol. The molecule has 0 aromatic carbocycles. The summed E-state index contributed by atoms with van der Waals surface area (Å²) in [4.78, 5) is 0. The smallest absolute Gasteiger partial charge is 0.0923 e. The standard InChI is InChI=1S/C16H28O2/c1-3-11-17-12-7-5-6-8-13-18-16-10-9-15(4-2)14-16/h5-6,10,15H,3-4,7-9,11-14H2,1-2H3. The highest BCUT2D eigenvalue weighted by molar-refractivity contribution is 5.03. The lowest BCUT2D eigenvalue weighted by Crippen LogP contribution is -1.96. The Kier molecular flexibility index (Phi) is 8.66. The SMILES string of the molecule is CCCOCCC=CCCOC1=CCC(CC)C1. The summed E-state index contributed by atoms with van der Waals surface area (Å²) in [7, 11) is 0. The first-order valence-electron chi connectivity index (χ1n) is 7.41. The van der Waals surface area contributed by atoms with Gasteiger partial charge < -0.3 is 9.47 Å². The molecule has 2 nitrogen and oxygen atoms in total. The molecule has 0 radical (unpaired) electrons. The second-order valence-electron chi connectivity index (χ2n) is 4.89. The zero-order chi connectivity index (χ0) is 13.1. The minimum absolute atomic E-state index is 0.814. The normalized spacial score (nSPS) is 19.4. The summed E-state index contributed by atoms with van der Waals surface area (Å²) < 4.78 is 11.2. The van der Waals surface area contributed by atoms with Crippen LogP contribution in [-0.4, -0.2) is 19.8 Å². The lowest BCUT2D eigenvalue weighted by molar-refractivity contribution is 0.139. The number of rotatable bonds is 10. The van der Waals surface area contributed by atoms with Crippen molar-refractivity contribution in [2.75, 3.05) is 19.8 Å². The molecule has 0 fully saturated rings. The third-order valence-corrected chi connectivity index (χ3v) is 3.26. The van der Waals surface area contributed by atoms with Crippen LogP contribution in [0.1, 0.15) is 52.4 Å². The molecule has 18 heavy (non-hydrogen) atoms. The number of ether oxygens (including phenoxy) is 2. The molecule has 0 N–H and O–H groups in total. The minimum Gasteiger partial charge on any atom is -0.498 e. The summed E-state index contributed by atoms with van der Waals surface area (Å²) in [6.07, 6.45) is 13.4. The fourth-order valence-electron chi connectivity index (χ4n) is 2.07. The molecule has 1 atom stereocenters. The Labute approximate surface area is 112 Å². The summed E-state index contributed by atoms with van der Waals surface area (Å²) in [6.45, 7) is 6.92. The van der Waals surface area contributed by atoms with E-state index in [2.05, 4.69) is 32.1 Å². The van der Waals surface area contributed by atoms with E-state index in [1.807, 2.05) is 0 Å². The van der Waals surface area contributed by atoms with Gasteiger partial charge in [-0.3, -0.25) is 0 Å². The van der Waals surface area contributed by atoms with Crippen molar-refractivity contribution in [1.29, 1.82) is 0 Å². The summed E-state index contributed by atoms with van der Waals surface area (Å²) in [5.74, 6) is 2.03. The van der Waals surface area contributed by atoms with E-state index in [-0.39, 0.29) is 0 Å². The van der Waals surface area contributed by atoms with Gasteiger partial charge >= 0.3 is 0 Å². The molecule has 2 heteroatoms. The van der Waals surface area contributed by atoms with Crippen LogP contribution in [0.15, 0.2) is 24.0 Å². The lowest BCUT2D eigenvalue weighted by Gasteiger charge is -2.07. The van der Waals surface area contributed by atoms with Crippen LogP contribution in [0.3, 0.4) is 0 Å². The first kappa shape index (κ1) is 15.3. The maximum Gasteiger partial charge on any atom is 0.0923 e. The maximum atomic E-state index is 5.76.